The summed E-state index contributed by atoms with van der Waals surface area (Å²) in [5, 5.41) is 0. The Balaban J connectivity index is 2.51. The molecule has 3 aromatic rings. The zero-order valence-electron chi connectivity index (χ0n) is 8.24. The maximum absolute atomic E-state index is 4.57. The number of halogens is 1. The minimum atomic E-state index is 1.00. The molecule has 0 unspecified atom stereocenters. The summed E-state index contributed by atoms with van der Waals surface area (Å²) in [4.78, 5) is 4.57. The molecule has 0 radical (unpaired) electrons. The van der Waals surface area contributed by atoms with E-state index in [0.717, 1.165) is 21.2 Å². The standard InChI is InChI=1S/C12H9BrN2/c1-8-4-5-15-11-3-2-9(13)7-10(11)14-12(15)6-8/h2-7H,1H3. The zero-order chi connectivity index (χ0) is 10.4. The van der Waals surface area contributed by atoms with Crippen LogP contribution in [0.15, 0.2) is 41.0 Å². The molecule has 2 nitrogen and oxygen atoms in total. The topological polar surface area (TPSA) is 17.3 Å². The van der Waals surface area contributed by atoms with Crippen molar-refractivity contribution < 1.29 is 0 Å². The summed E-state index contributed by atoms with van der Waals surface area (Å²) >= 11 is 3.45. The monoisotopic (exact) mass is 260 g/mol. The molecule has 0 fully saturated rings. The Labute approximate surface area is 95.7 Å². The molecule has 1 aromatic carbocycles. The summed E-state index contributed by atoms with van der Waals surface area (Å²) in [5.41, 5.74) is 4.41. The van der Waals surface area contributed by atoms with E-state index < -0.39 is 0 Å². The summed E-state index contributed by atoms with van der Waals surface area (Å²) < 4.78 is 3.17. The van der Waals surface area contributed by atoms with E-state index in [-0.39, 0.29) is 0 Å². The molecule has 0 aliphatic rings. The number of rotatable bonds is 0. The van der Waals surface area contributed by atoms with Crippen molar-refractivity contribution in [2.24, 2.45) is 0 Å². The molecule has 0 spiro atoms. The molecule has 74 valence electrons. The smallest absolute Gasteiger partial charge is 0.138 e. The maximum Gasteiger partial charge on any atom is 0.138 e. The Hall–Kier alpha value is -1.35. The quantitative estimate of drug-likeness (QED) is 0.604. The van der Waals surface area contributed by atoms with Gasteiger partial charge in [-0.1, -0.05) is 15.9 Å². The lowest BCUT2D eigenvalue weighted by atomic mass is 10.3. The van der Waals surface area contributed by atoms with Gasteiger partial charge in [-0.15, -0.1) is 0 Å². The molecule has 0 amide bonds. The van der Waals surface area contributed by atoms with Crippen LogP contribution in [0.1, 0.15) is 5.56 Å². The van der Waals surface area contributed by atoms with E-state index in [1.165, 1.54) is 5.56 Å². The SMILES string of the molecule is Cc1ccn2c(c1)nc1cc(Br)ccc12. The van der Waals surface area contributed by atoms with Gasteiger partial charge in [0.05, 0.1) is 11.0 Å². The summed E-state index contributed by atoms with van der Waals surface area (Å²) in [6.07, 6.45) is 2.06. The van der Waals surface area contributed by atoms with E-state index in [1.807, 2.05) is 12.1 Å². The molecule has 0 atom stereocenters. The molecule has 0 aliphatic heterocycles. The molecule has 0 bridgehead atoms. The number of hydrogen-bond acceptors (Lipinski definition) is 1. The number of hydrogen-bond donors (Lipinski definition) is 0. The molecule has 3 rings (SSSR count). The predicted molar refractivity (Wildman–Crippen MR) is 65.1 cm³/mol. The third-order valence-corrected chi connectivity index (χ3v) is 3.02. The van der Waals surface area contributed by atoms with Crippen molar-refractivity contribution in [2.45, 2.75) is 6.92 Å². The summed E-state index contributed by atoms with van der Waals surface area (Å²) in [7, 11) is 0. The van der Waals surface area contributed by atoms with Gasteiger partial charge in [-0.2, -0.15) is 0 Å². The third kappa shape index (κ3) is 1.35. The van der Waals surface area contributed by atoms with Gasteiger partial charge in [0.2, 0.25) is 0 Å². The van der Waals surface area contributed by atoms with Crippen molar-refractivity contribution in [1.82, 2.24) is 9.38 Å². The van der Waals surface area contributed by atoms with Crippen LogP contribution < -0.4 is 0 Å². The van der Waals surface area contributed by atoms with Crippen molar-refractivity contribution in [1.29, 1.82) is 0 Å². The second-order valence-electron chi connectivity index (χ2n) is 3.68. The van der Waals surface area contributed by atoms with Gasteiger partial charge in [-0.25, -0.2) is 4.98 Å². The number of benzene rings is 1. The van der Waals surface area contributed by atoms with Crippen molar-refractivity contribution in [3.8, 4) is 0 Å². The van der Waals surface area contributed by atoms with Crippen LogP contribution in [-0.2, 0) is 0 Å². The Bertz CT molecular complexity index is 599. The average Bonchev–Trinajstić information content (AvgIpc) is 2.53. The Kier molecular flexibility index (Phi) is 1.83. The highest BCUT2D eigenvalue weighted by Gasteiger charge is 2.03. The molecular formula is C12H9BrN2. The molecule has 15 heavy (non-hydrogen) atoms. The van der Waals surface area contributed by atoms with Crippen molar-refractivity contribution in [3.63, 3.8) is 0 Å². The van der Waals surface area contributed by atoms with E-state index in [9.17, 15) is 0 Å². The predicted octanol–water partition coefficient (Wildman–Crippen LogP) is 3.56. The Morgan fingerprint density at radius 1 is 1.20 bits per heavy atom. The lowest BCUT2D eigenvalue weighted by molar-refractivity contribution is 1.21. The van der Waals surface area contributed by atoms with Crippen LogP contribution in [-0.4, -0.2) is 9.38 Å². The van der Waals surface area contributed by atoms with Gasteiger partial charge >= 0.3 is 0 Å². The van der Waals surface area contributed by atoms with Gasteiger partial charge < -0.3 is 0 Å². The Morgan fingerprint density at radius 2 is 2.07 bits per heavy atom. The second kappa shape index (κ2) is 3.07. The molecule has 2 heterocycles. The van der Waals surface area contributed by atoms with Crippen LogP contribution in [0, 0.1) is 6.92 Å². The molecule has 0 saturated carbocycles. The lowest BCUT2D eigenvalue weighted by Crippen LogP contribution is -1.83. The second-order valence-corrected chi connectivity index (χ2v) is 4.59. The van der Waals surface area contributed by atoms with E-state index in [2.05, 4.69) is 56.6 Å². The number of imidazole rings is 1. The fraction of sp³-hybridized carbons (Fsp3) is 0.0833. The fourth-order valence-corrected chi connectivity index (χ4v) is 2.14. The molecular weight excluding hydrogens is 252 g/mol. The highest BCUT2D eigenvalue weighted by atomic mass is 79.9. The number of aryl methyl sites for hydroxylation is 1. The van der Waals surface area contributed by atoms with Crippen LogP contribution in [0.5, 0.6) is 0 Å². The van der Waals surface area contributed by atoms with E-state index in [4.69, 9.17) is 0 Å². The molecule has 3 heteroatoms. The fourth-order valence-electron chi connectivity index (χ4n) is 1.79. The highest BCUT2D eigenvalue weighted by molar-refractivity contribution is 9.10. The first kappa shape index (κ1) is 8.92. The van der Waals surface area contributed by atoms with Gasteiger partial charge in [-0.3, -0.25) is 4.40 Å². The van der Waals surface area contributed by atoms with Gasteiger partial charge in [0.15, 0.2) is 0 Å². The molecule has 2 aromatic heterocycles. The lowest BCUT2D eigenvalue weighted by Gasteiger charge is -1.96. The first-order valence-electron chi connectivity index (χ1n) is 4.78. The van der Waals surface area contributed by atoms with Gasteiger partial charge in [0, 0.05) is 10.7 Å². The molecule has 0 aliphatic carbocycles. The number of nitrogens with zero attached hydrogens (tertiary/aromatic N) is 2. The van der Waals surface area contributed by atoms with Crippen LogP contribution in [0.2, 0.25) is 0 Å². The first-order chi connectivity index (χ1) is 7.24. The highest BCUT2D eigenvalue weighted by Crippen LogP contribution is 2.21. The zero-order valence-corrected chi connectivity index (χ0v) is 9.82. The number of pyridine rings is 1. The number of aromatic nitrogens is 2. The minimum Gasteiger partial charge on any atom is -0.300 e. The largest absolute Gasteiger partial charge is 0.300 e. The Morgan fingerprint density at radius 3 is 2.93 bits per heavy atom. The van der Waals surface area contributed by atoms with Gasteiger partial charge in [0.25, 0.3) is 0 Å². The van der Waals surface area contributed by atoms with Crippen molar-refractivity contribution in [2.75, 3.05) is 0 Å². The minimum absolute atomic E-state index is 1.00. The summed E-state index contributed by atoms with van der Waals surface area (Å²) in [6, 6.07) is 10.3. The summed E-state index contributed by atoms with van der Waals surface area (Å²) in [6.45, 7) is 2.08. The maximum atomic E-state index is 4.57. The molecule has 0 N–H and O–H groups in total. The number of fused-ring (bicyclic) bond motifs is 3. The van der Waals surface area contributed by atoms with Crippen LogP contribution in [0.3, 0.4) is 0 Å². The normalized spacial score (nSPS) is 11.3. The van der Waals surface area contributed by atoms with Crippen LogP contribution in [0.25, 0.3) is 16.7 Å². The van der Waals surface area contributed by atoms with Crippen molar-refractivity contribution >= 4 is 32.6 Å². The summed E-state index contributed by atoms with van der Waals surface area (Å²) in [5.74, 6) is 0. The van der Waals surface area contributed by atoms with Gasteiger partial charge in [0.1, 0.15) is 5.65 Å². The average molecular weight is 261 g/mol. The van der Waals surface area contributed by atoms with Crippen LogP contribution >= 0.6 is 15.9 Å². The third-order valence-electron chi connectivity index (χ3n) is 2.52. The van der Waals surface area contributed by atoms with Crippen LogP contribution in [0.4, 0.5) is 0 Å². The molecule has 0 saturated heterocycles. The van der Waals surface area contributed by atoms with E-state index in [1.54, 1.807) is 0 Å². The van der Waals surface area contributed by atoms with Gasteiger partial charge in [-0.05, 0) is 42.8 Å². The van der Waals surface area contributed by atoms with E-state index >= 15 is 0 Å². The van der Waals surface area contributed by atoms with E-state index in [0.29, 0.717) is 0 Å². The van der Waals surface area contributed by atoms with Crippen molar-refractivity contribution in [3.05, 3.63) is 46.6 Å². The first-order valence-corrected chi connectivity index (χ1v) is 5.57.